The van der Waals surface area contributed by atoms with Crippen molar-refractivity contribution in [2.45, 2.75) is 18.0 Å². The fourth-order valence-corrected chi connectivity index (χ4v) is 1.78. The first kappa shape index (κ1) is 14.6. The summed E-state index contributed by atoms with van der Waals surface area (Å²) in [4.78, 5) is 44.6. The Morgan fingerprint density at radius 1 is 1.16 bits per heavy atom. The Labute approximate surface area is 106 Å². The van der Waals surface area contributed by atoms with Crippen molar-refractivity contribution in [1.29, 1.82) is 0 Å². The van der Waals surface area contributed by atoms with Gasteiger partial charge in [0.25, 0.3) is 0 Å². The van der Waals surface area contributed by atoms with Gasteiger partial charge in [-0.2, -0.15) is 0 Å². The Hall–Kier alpha value is -2.42. The van der Waals surface area contributed by atoms with Crippen molar-refractivity contribution in [3.63, 3.8) is 0 Å². The van der Waals surface area contributed by atoms with E-state index in [1.54, 1.807) is 0 Å². The molecule has 104 valence electrons. The zero-order valence-corrected chi connectivity index (χ0v) is 9.65. The topological polar surface area (TPSA) is 158 Å². The SMILES string of the molecule is N[C@]1(C(=O)O)C[C@H](C(=O)O)N(C(=O)/C=C/C(=O)O)C1. The predicted octanol–water partition coefficient (Wildman–Crippen LogP) is -1.91. The van der Waals surface area contributed by atoms with Crippen LogP contribution < -0.4 is 5.73 Å². The van der Waals surface area contributed by atoms with Gasteiger partial charge >= 0.3 is 17.9 Å². The Bertz CT molecular complexity index is 472. The molecule has 1 amide bonds. The number of nitrogens with two attached hydrogens (primary N) is 1. The first-order chi connectivity index (χ1) is 8.67. The molecule has 0 saturated carbocycles. The predicted molar refractivity (Wildman–Crippen MR) is 59.1 cm³/mol. The summed E-state index contributed by atoms with van der Waals surface area (Å²) in [6, 6.07) is -1.40. The van der Waals surface area contributed by atoms with Crippen LogP contribution in [0.5, 0.6) is 0 Å². The number of rotatable bonds is 4. The van der Waals surface area contributed by atoms with Crippen molar-refractivity contribution in [2.24, 2.45) is 5.73 Å². The highest BCUT2D eigenvalue weighted by molar-refractivity contribution is 5.97. The van der Waals surface area contributed by atoms with Gasteiger partial charge in [0, 0.05) is 18.6 Å². The Morgan fingerprint density at radius 2 is 1.74 bits per heavy atom. The lowest BCUT2D eigenvalue weighted by molar-refractivity contribution is -0.146. The molecule has 1 saturated heterocycles. The molecule has 2 atom stereocenters. The first-order valence-electron chi connectivity index (χ1n) is 5.14. The molecule has 1 fully saturated rings. The summed E-state index contributed by atoms with van der Waals surface area (Å²) >= 11 is 0. The number of aliphatic carboxylic acids is 3. The van der Waals surface area contributed by atoms with Crippen LogP contribution in [0.15, 0.2) is 12.2 Å². The van der Waals surface area contributed by atoms with Gasteiger partial charge in [0.15, 0.2) is 0 Å². The van der Waals surface area contributed by atoms with Crippen molar-refractivity contribution < 1.29 is 34.5 Å². The molecule has 0 aliphatic carbocycles. The zero-order chi connectivity index (χ0) is 14.8. The van der Waals surface area contributed by atoms with Crippen LogP contribution in [0.2, 0.25) is 0 Å². The summed E-state index contributed by atoms with van der Waals surface area (Å²) in [5.41, 5.74) is 3.67. The average Bonchev–Trinajstić information content (AvgIpc) is 2.66. The minimum absolute atomic E-state index is 0.440. The second-order valence-electron chi connectivity index (χ2n) is 4.16. The van der Waals surface area contributed by atoms with Gasteiger partial charge in [0.1, 0.15) is 11.6 Å². The number of amides is 1. The third-order valence-corrected chi connectivity index (χ3v) is 2.75. The highest BCUT2D eigenvalue weighted by Gasteiger charge is 2.50. The minimum atomic E-state index is -1.85. The number of nitrogens with zero attached hydrogens (tertiary/aromatic N) is 1. The van der Waals surface area contributed by atoms with Gasteiger partial charge in [-0.25, -0.2) is 9.59 Å². The van der Waals surface area contributed by atoms with Gasteiger partial charge < -0.3 is 26.0 Å². The molecule has 0 aromatic heterocycles. The lowest BCUT2D eigenvalue weighted by Gasteiger charge is -2.20. The standard InChI is InChI=1S/C10H12N2O7/c11-10(9(18)19)3-5(8(16)17)12(4-10)6(13)1-2-7(14)15/h1-2,5H,3-4,11H2,(H,14,15)(H,16,17)(H,18,19)/b2-1+/t5-,10-/m1/s1. The molecule has 1 aliphatic rings. The third-order valence-electron chi connectivity index (χ3n) is 2.75. The largest absolute Gasteiger partial charge is 0.480 e. The normalized spacial score (nSPS) is 26.6. The molecule has 0 aromatic rings. The van der Waals surface area contributed by atoms with Crippen molar-refractivity contribution in [3.8, 4) is 0 Å². The van der Waals surface area contributed by atoms with Gasteiger partial charge in [-0.3, -0.25) is 9.59 Å². The summed E-state index contributed by atoms with van der Waals surface area (Å²) in [5.74, 6) is -5.11. The fraction of sp³-hybridized carbons (Fsp3) is 0.400. The van der Waals surface area contributed by atoms with E-state index >= 15 is 0 Å². The summed E-state index contributed by atoms with van der Waals surface area (Å²) in [5, 5.41) is 26.2. The molecule has 0 unspecified atom stereocenters. The molecule has 9 heteroatoms. The van der Waals surface area contributed by atoms with E-state index in [0.717, 1.165) is 4.90 Å². The monoisotopic (exact) mass is 272 g/mol. The Morgan fingerprint density at radius 3 is 2.16 bits per heavy atom. The lowest BCUT2D eigenvalue weighted by Crippen LogP contribution is -2.50. The van der Waals surface area contributed by atoms with Crippen molar-refractivity contribution in [3.05, 3.63) is 12.2 Å². The van der Waals surface area contributed by atoms with Crippen molar-refractivity contribution >= 4 is 23.8 Å². The van der Waals surface area contributed by atoms with Crippen molar-refractivity contribution in [2.75, 3.05) is 6.54 Å². The second-order valence-corrected chi connectivity index (χ2v) is 4.16. The smallest absolute Gasteiger partial charge is 0.328 e. The average molecular weight is 272 g/mol. The van der Waals surface area contributed by atoms with Crippen LogP contribution in [0.25, 0.3) is 0 Å². The Kier molecular flexibility index (Phi) is 3.90. The molecule has 19 heavy (non-hydrogen) atoms. The van der Waals surface area contributed by atoms with Crippen LogP contribution in [-0.2, 0) is 19.2 Å². The van der Waals surface area contributed by atoms with E-state index in [4.69, 9.17) is 21.1 Å². The molecule has 1 heterocycles. The summed E-state index contributed by atoms with van der Waals surface area (Å²) in [6.07, 6.45) is 0.759. The maximum Gasteiger partial charge on any atom is 0.328 e. The molecule has 5 N–H and O–H groups in total. The van der Waals surface area contributed by atoms with Crippen LogP contribution in [-0.4, -0.2) is 62.2 Å². The van der Waals surface area contributed by atoms with E-state index in [2.05, 4.69) is 0 Å². The molecule has 1 aliphatic heterocycles. The summed E-state index contributed by atoms with van der Waals surface area (Å²) in [7, 11) is 0. The molecule has 1 rings (SSSR count). The lowest BCUT2D eigenvalue weighted by atomic mass is 9.98. The molecular formula is C10H12N2O7. The molecule has 0 spiro atoms. The minimum Gasteiger partial charge on any atom is -0.480 e. The number of hydrogen-bond acceptors (Lipinski definition) is 5. The first-order valence-corrected chi connectivity index (χ1v) is 5.14. The quantitative estimate of drug-likeness (QED) is 0.432. The van der Waals surface area contributed by atoms with E-state index in [0.29, 0.717) is 12.2 Å². The van der Waals surface area contributed by atoms with Gasteiger partial charge in [0.05, 0.1) is 6.54 Å². The van der Waals surface area contributed by atoms with Crippen molar-refractivity contribution in [1.82, 2.24) is 4.90 Å². The van der Waals surface area contributed by atoms with Crippen LogP contribution >= 0.6 is 0 Å². The Balaban J connectivity index is 2.98. The molecule has 0 bridgehead atoms. The maximum absolute atomic E-state index is 11.6. The number of carbonyl (C=O) groups is 4. The van der Waals surface area contributed by atoms with Crippen LogP contribution in [0, 0.1) is 0 Å². The van der Waals surface area contributed by atoms with Crippen LogP contribution in [0.1, 0.15) is 6.42 Å². The molecule has 9 nitrogen and oxygen atoms in total. The number of likely N-dealkylation sites (tertiary alicyclic amines) is 1. The molecule has 0 aromatic carbocycles. The van der Waals surface area contributed by atoms with Crippen LogP contribution in [0.3, 0.4) is 0 Å². The van der Waals surface area contributed by atoms with Gasteiger partial charge in [-0.05, 0) is 0 Å². The third kappa shape index (κ3) is 3.07. The van der Waals surface area contributed by atoms with E-state index in [1.807, 2.05) is 0 Å². The number of carbonyl (C=O) groups excluding carboxylic acids is 1. The number of carboxylic acids is 3. The van der Waals surface area contributed by atoms with Gasteiger partial charge in [-0.1, -0.05) is 0 Å². The number of carboxylic acid groups (broad SMARTS) is 3. The second kappa shape index (κ2) is 5.06. The summed E-state index contributed by atoms with van der Waals surface area (Å²) < 4.78 is 0. The molecule has 0 radical (unpaired) electrons. The fourth-order valence-electron chi connectivity index (χ4n) is 1.78. The maximum atomic E-state index is 11.6. The van der Waals surface area contributed by atoms with Gasteiger partial charge in [0.2, 0.25) is 5.91 Å². The van der Waals surface area contributed by atoms with E-state index < -0.39 is 48.4 Å². The number of hydrogen-bond donors (Lipinski definition) is 4. The highest BCUT2D eigenvalue weighted by Crippen LogP contribution is 2.26. The molecular weight excluding hydrogens is 260 g/mol. The highest BCUT2D eigenvalue weighted by atomic mass is 16.4. The van der Waals surface area contributed by atoms with E-state index in [1.165, 1.54) is 0 Å². The van der Waals surface area contributed by atoms with Crippen LogP contribution in [0.4, 0.5) is 0 Å². The van der Waals surface area contributed by atoms with Gasteiger partial charge in [-0.15, -0.1) is 0 Å². The van der Waals surface area contributed by atoms with E-state index in [-0.39, 0.29) is 0 Å². The summed E-state index contributed by atoms with van der Waals surface area (Å²) in [6.45, 7) is -0.498. The zero-order valence-electron chi connectivity index (χ0n) is 9.65. The van der Waals surface area contributed by atoms with E-state index in [9.17, 15) is 19.2 Å².